The summed E-state index contributed by atoms with van der Waals surface area (Å²) in [6.45, 7) is 18.2. The predicted molar refractivity (Wildman–Crippen MR) is 164 cm³/mol. The number of hydrogen-bond donors (Lipinski definition) is 2. The zero-order chi connectivity index (χ0) is 32.3. The zero-order valence-corrected chi connectivity index (χ0v) is 26.8. The van der Waals surface area contributed by atoms with Crippen LogP contribution >= 0.6 is 0 Å². The first-order chi connectivity index (χ1) is 20.1. The molecular weight excluding hydrogens is 552 g/mol. The Kier molecular flexibility index (Phi) is 9.99. The van der Waals surface area contributed by atoms with E-state index in [0.29, 0.717) is 5.56 Å². The number of aromatic nitrogens is 1. The molecule has 0 fully saturated rings. The topological polar surface area (TPSA) is 128 Å². The highest BCUT2D eigenvalue weighted by molar-refractivity contribution is 6.14. The van der Waals surface area contributed by atoms with Crippen LogP contribution in [0.1, 0.15) is 102 Å². The zero-order valence-electron chi connectivity index (χ0n) is 26.8. The molecule has 2 aromatic rings. The molecule has 0 aliphatic carbocycles. The molecule has 1 unspecified atom stereocenters. The third kappa shape index (κ3) is 6.87. The molecule has 1 aliphatic heterocycles. The van der Waals surface area contributed by atoms with E-state index in [1.54, 1.807) is 44.4 Å². The predicted octanol–water partition coefficient (Wildman–Crippen LogP) is 5.91. The van der Waals surface area contributed by atoms with Gasteiger partial charge in [-0.1, -0.05) is 30.3 Å². The maximum atomic E-state index is 14.2. The van der Waals surface area contributed by atoms with Gasteiger partial charge in [0.2, 0.25) is 0 Å². The smallest absolute Gasteiger partial charge is 0.342 e. The van der Waals surface area contributed by atoms with Crippen molar-refractivity contribution in [2.75, 3.05) is 30.0 Å². The first-order valence-corrected chi connectivity index (χ1v) is 14.5. The van der Waals surface area contributed by atoms with Gasteiger partial charge in [-0.05, 0) is 74.8 Å². The van der Waals surface area contributed by atoms with Crippen LogP contribution in [0.3, 0.4) is 0 Å². The molecular formula is C32H44N4O7. The first kappa shape index (κ1) is 33.2. The standard InChI is InChI=1S/C32H44N4O7/c1-11-41-27(37)21-19(4)35(30(40)33-24(21)20-17-15-14-16-18-20)26-23(29(39)43-13-3)22(28(38)42-12-2)25(34-31(5,6)7)36(26)32(8,9)10/h14-18,24,34H,11-13H2,1-10H3,(H,33,40). The van der Waals surface area contributed by atoms with Crippen molar-refractivity contribution in [2.24, 2.45) is 0 Å². The summed E-state index contributed by atoms with van der Waals surface area (Å²) in [6, 6.07) is 7.65. The van der Waals surface area contributed by atoms with Crippen LogP contribution in [0.25, 0.3) is 0 Å². The number of allylic oxidation sites excluding steroid dienone is 1. The summed E-state index contributed by atoms with van der Waals surface area (Å²) in [6.07, 6.45) is 0. The maximum absolute atomic E-state index is 14.2. The molecule has 1 aliphatic rings. The summed E-state index contributed by atoms with van der Waals surface area (Å²) in [5.41, 5.74) is -0.488. The summed E-state index contributed by atoms with van der Waals surface area (Å²) in [4.78, 5) is 56.3. The lowest BCUT2D eigenvalue weighted by atomic mass is 9.94. The molecule has 234 valence electrons. The Balaban J connectivity index is 2.54. The molecule has 2 heterocycles. The van der Waals surface area contributed by atoms with E-state index in [1.807, 2.05) is 59.7 Å². The van der Waals surface area contributed by atoms with Crippen molar-refractivity contribution in [3.8, 4) is 0 Å². The van der Waals surface area contributed by atoms with Crippen LogP contribution in [0.4, 0.5) is 16.4 Å². The fourth-order valence-corrected chi connectivity index (χ4v) is 5.06. The highest BCUT2D eigenvalue weighted by Gasteiger charge is 2.45. The van der Waals surface area contributed by atoms with Crippen LogP contribution in [-0.4, -0.2) is 53.9 Å². The number of anilines is 2. The van der Waals surface area contributed by atoms with Gasteiger partial charge in [0.15, 0.2) is 0 Å². The molecule has 11 nitrogen and oxygen atoms in total. The molecule has 3 rings (SSSR count). The number of benzene rings is 1. The van der Waals surface area contributed by atoms with Gasteiger partial charge < -0.3 is 29.4 Å². The van der Waals surface area contributed by atoms with Crippen molar-refractivity contribution >= 4 is 35.6 Å². The van der Waals surface area contributed by atoms with Crippen LogP contribution in [0.2, 0.25) is 0 Å². The van der Waals surface area contributed by atoms with Crippen LogP contribution in [0.15, 0.2) is 41.6 Å². The lowest BCUT2D eigenvalue weighted by Crippen LogP contribution is -2.50. The van der Waals surface area contributed by atoms with Gasteiger partial charge >= 0.3 is 23.9 Å². The largest absolute Gasteiger partial charge is 0.463 e. The van der Waals surface area contributed by atoms with Crippen molar-refractivity contribution in [3.05, 3.63) is 58.3 Å². The third-order valence-electron chi connectivity index (χ3n) is 6.59. The SMILES string of the molecule is CCOC(=O)C1=C(C)N(c2c(C(=O)OCC)c(C(=O)OCC)c(NC(C)(C)C)n2C(C)(C)C)C(=O)NC1c1ccccc1. The van der Waals surface area contributed by atoms with E-state index >= 15 is 0 Å². The second kappa shape index (κ2) is 12.9. The third-order valence-corrected chi connectivity index (χ3v) is 6.59. The molecule has 43 heavy (non-hydrogen) atoms. The molecule has 1 aromatic heterocycles. The van der Waals surface area contributed by atoms with Gasteiger partial charge in [0.25, 0.3) is 0 Å². The van der Waals surface area contributed by atoms with Crippen LogP contribution in [-0.2, 0) is 24.5 Å². The molecule has 0 saturated heterocycles. The van der Waals surface area contributed by atoms with E-state index in [9.17, 15) is 19.2 Å². The molecule has 2 amide bonds. The number of ether oxygens (including phenoxy) is 3. The average molecular weight is 597 g/mol. The normalized spacial score (nSPS) is 15.6. The minimum absolute atomic E-state index is 0.0223. The molecule has 11 heteroatoms. The first-order valence-electron chi connectivity index (χ1n) is 14.5. The van der Waals surface area contributed by atoms with E-state index in [2.05, 4.69) is 10.6 Å². The Labute approximate surface area is 253 Å². The second-order valence-corrected chi connectivity index (χ2v) is 12.1. The molecule has 2 N–H and O–H groups in total. The van der Waals surface area contributed by atoms with Crippen molar-refractivity contribution in [3.63, 3.8) is 0 Å². The van der Waals surface area contributed by atoms with Crippen molar-refractivity contribution in [1.82, 2.24) is 9.88 Å². The molecule has 0 bridgehead atoms. The Morgan fingerprint density at radius 1 is 0.837 bits per heavy atom. The minimum atomic E-state index is -0.816. The van der Waals surface area contributed by atoms with Crippen LogP contribution in [0, 0.1) is 0 Å². The van der Waals surface area contributed by atoms with E-state index in [0.717, 1.165) is 0 Å². The number of urea groups is 1. The number of esters is 3. The van der Waals surface area contributed by atoms with Gasteiger partial charge in [-0.25, -0.2) is 19.2 Å². The number of hydrogen-bond acceptors (Lipinski definition) is 8. The molecule has 0 saturated carbocycles. The molecule has 1 atom stereocenters. The Morgan fingerprint density at radius 3 is 1.84 bits per heavy atom. The van der Waals surface area contributed by atoms with E-state index in [1.165, 1.54) is 4.90 Å². The fourth-order valence-electron chi connectivity index (χ4n) is 5.06. The Hall–Kier alpha value is -4.28. The average Bonchev–Trinajstić information content (AvgIpc) is 3.22. The number of nitrogens with zero attached hydrogens (tertiary/aromatic N) is 2. The highest BCUT2D eigenvalue weighted by atomic mass is 16.5. The van der Waals surface area contributed by atoms with Gasteiger partial charge in [0.1, 0.15) is 22.8 Å². The Morgan fingerprint density at radius 2 is 1.35 bits per heavy atom. The summed E-state index contributed by atoms with van der Waals surface area (Å²) < 4.78 is 18.1. The van der Waals surface area contributed by atoms with Gasteiger partial charge in [-0.3, -0.25) is 4.90 Å². The number of nitrogens with one attached hydrogen (secondary N) is 2. The summed E-state index contributed by atoms with van der Waals surface area (Å²) in [5, 5.41) is 6.30. The highest BCUT2D eigenvalue weighted by Crippen LogP contribution is 2.44. The monoisotopic (exact) mass is 596 g/mol. The second-order valence-electron chi connectivity index (χ2n) is 12.1. The van der Waals surface area contributed by atoms with Crippen molar-refractivity contribution < 1.29 is 33.4 Å². The lowest BCUT2D eigenvalue weighted by Gasteiger charge is -2.38. The van der Waals surface area contributed by atoms with Gasteiger partial charge in [-0.2, -0.15) is 0 Å². The van der Waals surface area contributed by atoms with Crippen molar-refractivity contribution in [2.45, 2.75) is 86.4 Å². The van der Waals surface area contributed by atoms with E-state index < -0.39 is 41.1 Å². The maximum Gasteiger partial charge on any atom is 0.342 e. The quantitative estimate of drug-likeness (QED) is 0.270. The van der Waals surface area contributed by atoms with Crippen LogP contribution < -0.4 is 15.5 Å². The minimum Gasteiger partial charge on any atom is -0.463 e. The number of amides is 2. The lowest BCUT2D eigenvalue weighted by molar-refractivity contribution is -0.139. The fraction of sp³-hybridized carbons (Fsp3) is 0.500. The summed E-state index contributed by atoms with van der Waals surface area (Å²) in [7, 11) is 0. The van der Waals surface area contributed by atoms with E-state index in [-0.39, 0.29) is 53.9 Å². The molecule has 0 spiro atoms. The van der Waals surface area contributed by atoms with Gasteiger partial charge in [0, 0.05) is 16.8 Å². The van der Waals surface area contributed by atoms with Crippen molar-refractivity contribution in [1.29, 1.82) is 0 Å². The van der Waals surface area contributed by atoms with Crippen LogP contribution in [0.5, 0.6) is 0 Å². The summed E-state index contributed by atoms with van der Waals surface area (Å²) >= 11 is 0. The molecule has 1 aromatic carbocycles. The number of carbonyl (C=O) groups excluding carboxylic acids is 4. The van der Waals surface area contributed by atoms with Gasteiger partial charge in [-0.15, -0.1) is 0 Å². The number of rotatable bonds is 9. The number of carbonyl (C=O) groups is 4. The molecule has 0 radical (unpaired) electrons. The summed E-state index contributed by atoms with van der Waals surface area (Å²) in [5.74, 6) is -1.86. The van der Waals surface area contributed by atoms with E-state index in [4.69, 9.17) is 14.2 Å². The Bertz CT molecular complexity index is 1410. The van der Waals surface area contributed by atoms with Gasteiger partial charge in [0.05, 0.1) is 31.4 Å².